The molecule has 0 atom stereocenters. The number of halogens is 1. The highest BCUT2D eigenvalue weighted by Gasteiger charge is 2.09. The van der Waals surface area contributed by atoms with Crippen molar-refractivity contribution in [2.75, 3.05) is 13.2 Å². The molecule has 0 aliphatic carbocycles. The number of benzene rings is 2. The van der Waals surface area contributed by atoms with Crippen LogP contribution >= 0.6 is 0 Å². The molecule has 0 aliphatic heterocycles. The molecule has 0 radical (unpaired) electrons. The van der Waals surface area contributed by atoms with Crippen LogP contribution in [0.5, 0.6) is 23.1 Å². The Morgan fingerprint density at radius 3 is 2.50 bits per heavy atom. The summed E-state index contributed by atoms with van der Waals surface area (Å²) in [5, 5.41) is 2.76. The zero-order chi connectivity index (χ0) is 21.2. The fourth-order valence-electron chi connectivity index (χ4n) is 2.54. The van der Waals surface area contributed by atoms with E-state index in [4.69, 9.17) is 14.2 Å². The summed E-state index contributed by atoms with van der Waals surface area (Å²) in [6.07, 6.45) is 2.50. The number of hydrogen-bond donors (Lipinski definition) is 1. The molecule has 0 spiro atoms. The van der Waals surface area contributed by atoms with Crippen molar-refractivity contribution in [3.8, 4) is 23.1 Å². The highest BCUT2D eigenvalue weighted by molar-refractivity contribution is 5.77. The van der Waals surface area contributed by atoms with E-state index in [9.17, 15) is 9.18 Å². The van der Waals surface area contributed by atoms with Crippen molar-refractivity contribution in [3.63, 3.8) is 0 Å². The quantitative estimate of drug-likeness (QED) is 0.533. The lowest BCUT2D eigenvalue weighted by Gasteiger charge is -2.11. The van der Waals surface area contributed by atoms with E-state index in [-0.39, 0.29) is 19.1 Å². The number of amides is 1. The van der Waals surface area contributed by atoms with E-state index < -0.39 is 5.82 Å². The summed E-state index contributed by atoms with van der Waals surface area (Å²) >= 11 is 0. The molecule has 0 saturated heterocycles. The third-order valence-electron chi connectivity index (χ3n) is 4.00. The molecule has 156 valence electrons. The van der Waals surface area contributed by atoms with E-state index in [1.54, 1.807) is 54.7 Å². The number of carbonyl (C=O) groups excluding carboxylic acids is 1. The molecule has 0 saturated carbocycles. The van der Waals surface area contributed by atoms with Crippen molar-refractivity contribution < 1.29 is 23.4 Å². The SMILES string of the molecule is CCCOc1ccc(OCC(=O)NCc2cccnc2Oc2cccc(F)c2)cc1. The molecule has 1 N–H and O–H groups in total. The summed E-state index contributed by atoms with van der Waals surface area (Å²) in [7, 11) is 0. The normalized spacial score (nSPS) is 10.3. The van der Waals surface area contributed by atoms with Crippen LogP contribution in [0.25, 0.3) is 0 Å². The fourth-order valence-corrected chi connectivity index (χ4v) is 2.54. The first kappa shape index (κ1) is 21.1. The van der Waals surface area contributed by atoms with Gasteiger partial charge in [-0.3, -0.25) is 4.79 Å². The molecule has 0 bridgehead atoms. The molecule has 0 aliphatic rings. The maximum Gasteiger partial charge on any atom is 0.258 e. The highest BCUT2D eigenvalue weighted by Crippen LogP contribution is 2.23. The Bertz CT molecular complexity index is 963. The molecule has 0 unspecified atom stereocenters. The monoisotopic (exact) mass is 410 g/mol. The van der Waals surface area contributed by atoms with Crippen LogP contribution < -0.4 is 19.5 Å². The average Bonchev–Trinajstić information content (AvgIpc) is 2.76. The maximum atomic E-state index is 13.3. The molecule has 0 fully saturated rings. The minimum atomic E-state index is -0.402. The second-order valence-corrected chi connectivity index (χ2v) is 6.41. The summed E-state index contributed by atoms with van der Waals surface area (Å²) in [6, 6.07) is 16.4. The zero-order valence-electron chi connectivity index (χ0n) is 16.6. The minimum absolute atomic E-state index is 0.129. The van der Waals surface area contributed by atoms with Gasteiger partial charge in [-0.2, -0.15) is 0 Å². The number of rotatable bonds is 10. The number of nitrogens with one attached hydrogen (secondary N) is 1. The standard InChI is InChI=1S/C23H23FN2O4/c1-2-13-28-19-8-10-20(11-9-19)29-16-22(27)26-15-17-5-4-12-25-23(17)30-21-7-3-6-18(24)14-21/h3-12,14H,2,13,15-16H2,1H3,(H,26,27). The smallest absolute Gasteiger partial charge is 0.258 e. The highest BCUT2D eigenvalue weighted by atomic mass is 19.1. The lowest BCUT2D eigenvalue weighted by molar-refractivity contribution is -0.123. The summed E-state index contributed by atoms with van der Waals surface area (Å²) in [5.74, 6) is 1.27. The van der Waals surface area contributed by atoms with E-state index in [1.807, 2.05) is 6.92 Å². The van der Waals surface area contributed by atoms with Crippen molar-refractivity contribution in [3.05, 3.63) is 78.2 Å². The zero-order valence-corrected chi connectivity index (χ0v) is 16.6. The first-order chi connectivity index (χ1) is 14.6. The van der Waals surface area contributed by atoms with Crippen LogP contribution in [0.4, 0.5) is 4.39 Å². The van der Waals surface area contributed by atoms with Gasteiger partial charge in [0.1, 0.15) is 23.1 Å². The number of aromatic nitrogens is 1. The summed E-state index contributed by atoms with van der Waals surface area (Å²) in [5.41, 5.74) is 0.660. The first-order valence-electron chi connectivity index (χ1n) is 9.63. The second-order valence-electron chi connectivity index (χ2n) is 6.41. The average molecular weight is 410 g/mol. The minimum Gasteiger partial charge on any atom is -0.494 e. The van der Waals surface area contributed by atoms with Crippen LogP contribution in [0.3, 0.4) is 0 Å². The molecular formula is C23H23FN2O4. The molecular weight excluding hydrogens is 387 g/mol. The lowest BCUT2D eigenvalue weighted by Crippen LogP contribution is -2.28. The Morgan fingerprint density at radius 1 is 1.00 bits per heavy atom. The van der Waals surface area contributed by atoms with Crippen LogP contribution in [-0.4, -0.2) is 24.1 Å². The van der Waals surface area contributed by atoms with Gasteiger partial charge in [0.05, 0.1) is 6.61 Å². The molecule has 7 heteroatoms. The van der Waals surface area contributed by atoms with Crippen LogP contribution in [0.2, 0.25) is 0 Å². The number of pyridine rings is 1. The second kappa shape index (κ2) is 10.8. The van der Waals surface area contributed by atoms with Crippen LogP contribution in [-0.2, 0) is 11.3 Å². The number of ether oxygens (including phenoxy) is 3. The Kier molecular flexibility index (Phi) is 7.60. The van der Waals surface area contributed by atoms with Gasteiger partial charge in [-0.15, -0.1) is 0 Å². The van der Waals surface area contributed by atoms with Gasteiger partial charge in [0.2, 0.25) is 5.88 Å². The maximum absolute atomic E-state index is 13.3. The van der Waals surface area contributed by atoms with E-state index in [2.05, 4.69) is 10.3 Å². The van der Waals surface area contributed by atoms with Crippen molar-refractivity contribution in [1.82, 2.24) is 10.3 Å². The van der Waals surface area contributed by atoms with E-state index in [0.717, 1.165) is 12.2 Å². The molecule has 6 nitrogen and oxygen atoms in total. The van der Waals surface area contributed by atoms with Gasteiger partial charge in [0.15, 0.2) is 6.61 Å². The predicted octanol–water partition coefficient (Wildman–Crippen LogP) is 4.50. The Hall–Kier alpha value is -3.61. The van der Waals surface area contributed by atoms with Gasteiger partial charge in [0.25, 0.3) is 5.91 Å². The van der Waals surface area contributed by atoms with Crippen molar-refractivity contribution in [1.29, 1.82) is 0 Å². The Balaban J connectivity index is 1.50. The van der Waals surface area contributed by atoms with Gasteiger partial charge < -0.3 is 19.5 Å². The van der Waals surface area contributed by atoms with Gasteiger partial charge in [0, 0.05) is 24.4 Å². The van der Waals surface area contributed by atoms with Crippen LogP contribution in [0, 0.1) is 5.82 Å². The van der Waals surface area contributed by atoms with Crippen molar-refractivity contribution in [2.24, 2.45) is 0 Å². The molecule has 30 heavy (non-hydrogen) atoms. The van der Waals surface area contributed by atoms with Crippen LogP contribution in [0.1, 0.15) is 18.9 Å². The summed E-state index contributed by atoms with van der Waals surface area (Å²) in [6.45, 7) is 2.76. The van der Waals surface area contributed by atoms with Crippen molar-refractivity contribution >= 4 is 5.91 Å². The van der Waals surface area contributed by atoms with Crippen molar-refractivity contribution in [2.45, 2.75) is 19.9 Å². The van der Waals surface area contributed by atoms with Gasteiger partial charge in [-0.05, 0) is 48.9 Å². The van der Waals surface area contributed by atoms with Gasteiger partial charge in [-0.25, -0.2) is 9.37 Å². The number of hydrogen-bond acceptors (Lipinski definition) is 5. The van der Waals surface area contributed by atoms with E-state index in [1.165, 1.54) is 12.1 Å². The molecule has 1 heterocycles. The molecule has 1 aromatic heterocycles. The summed E-state index contributed by atoms with van der Waals surface area (Å²) < 4.78 is 30.0. The Morgan fingerprint density at radius 2 is 1.77 bits per heavy atom. The molecule has 3 aromatic rings. The third-order valence-corrected chi connectivity index (χ3v) is 4.00. The fraction of sp³-hybridized carbons (Fsp3) is 0.217. The lowest BCUT2D eigenvalue weighted by atomic mass is 10.2. The van der Waals surface area contributed by atoms with Crippen LogP contribution in [0.15, 0.2) is 66.9 Å². The molecule has 3 rings (SSSR count). The predicted molar refractivity (Wildman–Crippen MR) is 110 cm³/mol. The molecule has 2 aromatic carbocycles. The first-order valence-corrected chi connectivity index (χ1v) is 9.63. The number of nitrogens with zero attached hydrogens (tertiary/aromatic N) is 1. The van der Waals surface area contributed by atoms with Gasteiger partial charge >= 0.3 is 0 Å². The third kappa shape index (κ3) is 6.48. The summed E-state index contributed by atoms with van der Waals surface area (Å²) in [4.78, 5) is 16.3. The largest absolute Gasteiger partial charge is 0.494 e. The van der Waals surface area contributed by atoms with E-state index in [0.29, 0.717) is 29.5 Å². The van der Waals surface area contributed by atoms with E-state index >= 15 is 0 Å². The molecule has 1 amide bonds. The number of carbonyl (C=O) groups is 1. The Labute approximate surface area is 174 Å². The topological polar surface area (TPSA) is 69.7 Å². The van der Waals surface area contributed by atoms with Gasteiger partial charge in [-0.1, -0.05) is 19.1 Å².